The lowest BCUT2D eigenvalue weighted by atomic mass is 10.0. The molecule has 0 spiro atoms. The van der Waals surface area contributed by atoms with Gasteiger partial charge in [-0.15, -0.1) is 0 Å². The molecule has 0 aliphatic rings. The van der Waals surface area contributed by atoms with Gasteiger partial charge in [-0.05, 0) is 42.2 Å². The quantitative estimate of drug-likeness (QED) is 0.479. The Morgan fingerprint density at radius 3 is 2.24 bits per heavy atom. The molecule has 1 aromatic heterocycles. The number of aryl methyl sites for hydroxylation is 4. The first kappa shape index (κ1) is 24.9. The van der Waals surface area contributed by atoms with Gasteiger partial charge in [0.25, 0.3) is 0 Å². The zero-order valence-corrected chi connectivity index (χ0v) is 21.0. The van der Waals surface area contributed by atoms with E-state index in [0.29, 0.717) is 31.4 Å². The SMILES string of the molecule is CCc1cccc(CC)c1NC(=O)CCc1nc2cc(S(=O)(=O)N(CC)CC)ccc2n1C. The van der Waals surface area contributed by atoms with E-state index >= 15 is 0 Å². The normalized spacial score (nSPS) is 11.9. The number of carbonyl (C=O) groups excluding carboxylic acids is 1. The molecule has 2 aromatic carbocycles. The summed E-state index contributed by atoms with van der Waals surface area (Å²) in [4.78, 5) is 17.6. The third-order valence-corrected chi connectivity index (χ3v) is 8.17. The Hall–Kier alpha value is -2.71. The monoisotopic (exact) mass is 470 g/mol. The van der Waals surface area contributed by atoms with E-state index in [9.17, 15) is 13.2 Å². The second kappa shape index (κ2) is 10.5. The maximum Gasteiger partial charge on any atom is 0.243 e. The van der Waals surface area contributed by atoms with E-state index in [4.69, 9.17) is 0 Å². The molecule has 7 nitrogen and oxygen atoms in total. The zero-order chi connectivity index (χ0) is 24.2. The van der Waals surface area contributed by atoms with Crippen LogP contribution in [0.4, 0.5) is 5.69 Å². The minimum atomic E-state index is -3.55. The van der Waals surface area contributed by atoms with Gasteiger partial charge in [0.1, 0.15) is 5.82 Å². The van der Waals surface area contributed by atoms with Gasteiger partial charge in [0.05, 0.1) is 15.9 Å². The number of anilines is 1. The summed E-state index contributed by atoms with van der Waals surface area (Å²) >= 11 is 0. The van der Waals surface area contributed by atoms with Crippen LogP contribution >= 0.6 is 0 Å². The maximum atomic E-state index is 12.9. The molecule has 0 saturated carbocycles. The third-order valence-electron chi connectivity index (χ3n) is 6.13. The highest BCUT2D eigenvalue weighted by molar-refractivity contribution is 7.89. The van der Waals surface area contributed by atoms with E-state index < -0.39 is 10.0 Å². The molecule has 0 unspecified atom stereocenters. The van der Waals surface area contributed by atoms with E-state index in [0.717, 1.165) is 41.0 Å². The number of nitrogens with one attached hydrogen (secondary N) is 1. The number of imidazole rings is 1. The third kappa shape index (κ3) is 5.12. The van der Waals surface area contributed by atoms with Crippen LogP contribution in [-0.2, 0) is 41.1 Å². The van der Waals surface area contributed by atoms with E-state index in [-0.39, 0.29) is 10.8 Å². The average Bonchev–Trinajstić information content (AvgIpc) is 3.13. The number of carbonyl (C=O) groups is 1. The molecule has 178 valence electrons. The van der Waals surface area contributed by atoms with Crippen LogP contribution in [0.5, 0.6) is 0 Å². The molecule has 3 aromatic rings. The number of sulfonamides is 1. The number of hydrogen-bond acceptors (Lipinski definition) is 4. The molecular weight excluding hydrogens is 436 g/mol. The molecule has 8 heteroatoms. The second-order valence-electron chi connectivity index (χ2n) is 8.03. The van der Waals surface area contributed by atoms with Crippen molar-refractivity contribution in [2.45, 2.75) is 58.3 Å². The van der Waals surface area contributed by atoms with Crippen molar-refractivity contribution < 1.29 is 13.2 Å². The van der Waals surface area contributed by atoms with Crippen LogP contribution < -0.4 is 5.32 Å². The van der Waals surface area contributed by atoms with Gasteiger partial charge in [-0.1, -0.05) is 45.9 Å². The summed E-state index contributed by atoms with van der Waals surface area (Å²) in [5, 5.41) is 3.10. The number of aromatic nitrogens is 2. The number of nitrogens with zero attached hydrogens (tertiary/aromatic N) is 3. The van der Waals surface area contributed by atoms with Crippen LogP contribution in [0, 0.1) is 0 Å². The van der Waals surface area contributed by atoms with Gasteiger partial charge in [0, 0.05) is 38.7 Å². The van der Waals surface area contributed by atoms with Crippen molar-refractivity contribution in [3.63, 3.8) is 0 Å². The molecule has 0 aliphatic carbocycles. The molecule has 0 saturated heterocycles. The number of amides is 1. The molecule has 0 fully saturated rings. The smallest absolute Gasteiger partial charge is 0.243 e. The molecule has 0 atom stereocenters. The van der Waals surface area contributed by atoms with Crippen molar-refractivity contribution >= 4 is 32.7 Å². The first-order valence-electron chi connectivity index (χ1n) is 11.6. The molecular formula is C25H34N4O3S. The predicted molar refractivity (Wildman–Crippen MR) is 133 cm³/mol. The Bertz CT molecular complexity index is 1220. The Balaban J connectivity index is 1.79. The van der Waals surface area contributed by atoms with Gasteiger partial charge < -0.3 is 9.88 Å². The lowest BCUT2D eigenvalue weighted by molar-refractivity contribution is -0.116. The molecule has 33 heavy (non-hydrogen) atoms. The average molecular weight is 471 g/mol. The summed E-state index contributed by atoms with van der Waals surface area (Å²) in [6, 6.07) is 11.2. The standard InChI is InChI=1S/C25H34N4O3S/c1-6-18-11-10-12-19(7-2)25(18)27-24(30)16-15-23-26-21-17-20(13-14-22(21)28(23)5)33(31,32)29(8-3)9-4/h10-14,17H,6-9,15-16H2,1-5H3,(H,27,30). The Kier molecular flexibility index (Phi) is 7.92. The Morgan fingerprint density at radius 1 is 1.03 bits per heavy atom. The summed E-state index contributed by atoms with van der Waals surface area (Å²) in [6.45, 7) is 8.65. The topological polar surface area (TPSA) is 84.3 Å². The van der Waals surface area contributed by atoms with Gasteiger partial charge >= 0.3 is 0 Å². The molecule has 1 N–H and O–H groups in total. The molecule has 0 bridgehead atoms. The number of rotatable bonds is 10. The van der Waals surface area contributed by atoms with Crippen molar-refractivity contribution in [2.75, 3.05) is 18.4 Å². The predicted octanol–water partition coefficient (Wildman–Crippen LogP) is 4.30. The lowest BCUT2D eigenvalue weighted by Crippen LogP contribution is -2.30. The van der Waals surface area contributed by atoms with Crippen LogP contribution in [0.25, 0.3) is 11.0 Å². The van der Waals surface area contributed by atoms with Crippen LogP contribution in [-0.4, -0.2) is 41.3 Å². The minimum Gasteiger partial charge on any atom is -0.331 e. The highest BCUT2D eigenvalue weighted by Gasteiger charge is 2.23. The summed E-state index contributed by atoms with van der Waals surface area (Å²) < 4.78 is 29.1. The van der Waals surface area contributed by atoms with Crippen LogP contribution in [0.2, 0.25) is 0 Å². The van der Waals surface area contributed by atoms with Gasteiger partial charge in [0.2, 0.25) is 15.9 Å². The fraction of sp³-hybridized carbons (Fsp3) is 0.440. The van der Waals surface area contributed by atoms with Crippen molar-refractivity contribution in [2.24, 2.45) is 7.05 Å². The highest BCUT2D eigenvalue weighted by atomic mass is 32.2. The van der Waals surface area contributed by atoms with Gasteiger partial charge in [-0.3, -0.25) is 4.79 Å². The van der Waals surface area contributed by atoms with E-state index in [1.807, 2.05) is 43.7 Å². The van der Waals surface area contributed by atoms with Gasteiger partial charge in [-0.2, -0.15) is 4.31 Å². The summed E-state index contributed by atoms with van der Waals surface area (Å²) in [5.74, 6) is 0.694. The molecule has 0 radical (unpaired) electrons. The van der Waals surface area contributed by atoms with Crippen molar-refractivity contribution in [3.05, 3.63) is 53.3 Å². The number of benzene rings is 2. The minimum absolute atomic E-state index is 0.0533. The summed E-state index contributed by atoms with van der Waals surface area (Å²) in [7, 11) is -1.66. The van der Waals surface area contributed by atoms with E-state index in [1.54, 1.807) is 18.2 Å². The van der Waals surface area contributed by atoms with Crippen LogP contribution in [0.15, 0.2) is 41.3 Å². The van der Waals surface area contributed by atoms with E-state index in [1.165, 1.54) is 4.31 Å². The summed E-state index contributed by atoms with van der Waals surface area (Å²) in [5.41, 5.74) is 4.64. The molecule has 0 aliphatic heterocycles. The first-order chi connectivity index (χ1) is 15.8. The van der Waals surface area contributed by atoms with Crippen LogP contribution in [0.1, 0.15) is 51.1 Å². The van der Waals surface area contributed by atoms with E-state index in [2.05, 4.69) is 24.1 Å². The van der Waals surface area contributed by atoms with Crippen molar-refractivity contribution in [1.82, 2.24) is 13.9 Å². The van der Waals surface area contributed by atoms with Crippen molar-refractivity contribution in [3.8, 4) is 0 Å². The first-order valence-corrected chi connectivity index (χ1v) is 13.1. The fourth-order valence-corrected chi connectivity index (χ4v) is 5.64. The fourth-order valence-electron chi connectivity index (χ4n) is 4.16. The van der Waals surface area contributed by atoms with Crippen LogP contribution in [0.3, 0.4) is 0 Å². The number of fused-ring (bicyclic) bond motifs is 1. The Morgan fingerprint density at radius 2 is 1.67 bits per heavy atom. The largest absolute Gasteiger partial charge is 0.331 e. The Labute approximate surface area is 196 Å². The summed E-state index contributed by atoms with van der Waals surface area (Å²) in [6.07, 6.45) is 2.47. The van der Waals surface area contributed by atoms with Crippen molar-refractivity contribution in [1.29, 1.82) is 0 Å². The maximum absolute atomic E-state index is 12.9. The molecule has 1 heterocycles. The van der Waals surface area contributed by atoms with Gasteiger partial charge in [0.15, 0.2) is 0 Å². The number of para-hydroxylation sites is 1. The zero-order valence-electron chi connectivity index (χ0n) is 20.2. The number of hydrogen-bond donors (Lipinski definition) is 1. The molecule has 1 amide bonds. The van der Waals surface area contributed by atoms with Gasteiger partial charge in [-0.25, -0.2) is 13.4 Å². The molecule has 3 rings (SSSR count). The highest BCUT2D eigenvalue weighted by Crippen LogP contribution is 2.24. The second-order valence-corrected chi connectivity index (χ2v) is 9.97. The lowest BCUT2D eigenvalue weighted by Gasteiger charge is -2.18.